The summed E-state index contributed by atoms with van der Waals surface area (Å²) < 4.78 is 5.20. The number of benzene rings is 2. The summed E-state index contributed by atoms with van der Waals surface area (Å²) in [6.45, 7) is 5.96. The molecule has 6 heteroatoms. The SMILES string of the molecule is CC(C)C(=O)OCCCCNCc1ccc(C2CCC(N(C)C(=O)c3ccc(Cl)cc3)CC2)cc1. The molecule has 1 aliphatic rings. The highest BCUT2D eigenvalue weighted by Crippen LogP contribution is 2.35. The monoisotopic (exact) mass is 498 g/mol. The molecule has 0 aromatic heterocycles. The second-order valence-electron chi connectivity index (χ2n) is 9.88. The van der Waals surface area contributed by atoms with Gasteiger partial charge in [-0.2, -0.15) is 0 Å². The topological polar surface area (TPSA) is 58.6 Å². The number of carbonyl (C=O) groups is 2. The van der Waals surface area contributed by atoms with Crippen LogP contribution in [0.15, 0.2) is 48.5 Å². The molecule has 0 spiro atoms. The lowest BCUT2D eigenvalue weighted by Crippen LogP contribution is -2.39. The lowest BCUT2D eigenvalue weighted by Gasteiger charge is -2.35. The van der Waals surface area contributed by atoms with Crippen LogP contribution in [-0.2, 0) is 16.1 Å². The van der Waals surface area contributed by atoms with Crippen LogP contribution in [-0.4, -0.2) is 43.0 Å². The van der Waals surface area contributed by atoms with Crippen LogP contribution >= 0.6 is 11.6 Å². The minimum Gasteiger partial charge on any atom is -0.465 e. The molecule has 0 aliphatic heterocycles. The highest BCUT2D eigenvalue weighted by molar-refractivity contribution is 6.30. The van der Waals surface area contributed by atoms with Crippen LogP contribution in [0, 0.1) is 5.92 Å². The van der Waals surface area contributed by atoms with Crippen molar-refractivity contribution in [3.8, 4) is 0 Å². The molecule has 0 saturated heterocycles. The Morgan fingerprint density at radius 2 is 1.66 bits per heavy atom. The second kappa shape index (κ2) is 13.6. The number of halogens is 1. The third-order valence-corrected chi connectivity index (χ3v) is 7.15. The van der Waals surface area contributed by atoms with E-state index < -0.39 is 0 Å². The van der Waals surface area contributed by atoms with E-state index in [2.05, 4.69) is 29.6 Å². The first kappa shape index (κ1) is 27.2. The number of esters is 1. The average Bonchev–Trinajstić information content (AvgIpc) is 2.88. The molecule has 1 N–H and O–H groups in total. The van der Waals surface area contributed by atoms with Crippen molar-refractivity contribution < 1.29 is 14.3 Å². The maximum absolute atomic E-state index is 12.8. The first-order chi connectivity index (χ1) is 16.8. The minimum atomic E-state index is -0.120. The van der Waals surface area contributed by atoms with Gasteiger partial charge < -0.3 is 15.0 Å². The minimum absolute atomic E-state index is 0.0585. The molecule has 3 rings (SSSR count). The number of rotatable bonds is 11. The Hall–Kier alpha value is -2.37. The summed E-state index contributed by atoms with van der Waals surface area (Å²) in [4.78, 5) is 26.2. The van der Waals surface area contributed by atoms with E-state index in [1.807, 2.05) is 25.8 Å². The molecule has 1 saturated carbocycles. The lowest BCUT2D eigenvalue weighted by atomic mass is 9.81. The molecule has 0 unspecified atom stereocenters. The van der Waals surface area contributed by atoms with E-state index in [4.69, 9.17) is 16.3 Å². The van der Waals surface area contributed by atoms with Crippen LogP contribution in [0.1, 0.15) is 79.8 Å². The van der Waals surface area contributed by atoms with Gasteiger partial charge >= 0.3 is 5.97 Å². The quantitative estimate of drug-likeness (QED) is 0.295. The van der Waals surface area contributed by atoms with Gasteiger partial charge in [-0.25, -0.2) is 0 Å². The van der Waals surface area contributed by atoms with Gasteiger partial charge in [0.25, 0.3) is 5.91 Å². The summed E-state index contributed by atoms with van der Waals surface area (Å²) >= 11 is 5.95. The molecule has 2 aromatic rings. The van der Waals surface area contributed by atoms with Crippen LogP contribution < -0.4 is 5.32 Å². The number of nitrogens with zero attached hydrogens (tertiary/aromatic N) is 1. The largest absolute Gasteiger partial charge is 0.465 e. The first-order valence-corrected chi connectivity index (χ1v) is 13.2. The van der Waals surface area contributed by atoms with Crippen molar-refractivity contribution in [2.75, 3.05) is 20.2 Å². The Bertz CT molecular complexity index is 935. The highest BCUT2D eigenvalue weighted by atomic mass is 35.5. The molecule has 0 heterocycles. The van der Waals surface area contributed by atoms with Crippen molar-refractivity contribution in [1.29, 1.82) is 0 Å². The molecule has 190 valence electrons. The van der Waals surface area contributed by atoms with Crippen molar-refractivity contribution in [3.05, 3.63) is 70.2 Å². The fraction of sp³-hybridized carbons (Fsp3) is 0.517. The zero-order chi connectivity index (χ0) is 25.2. The Morgan fingerprint density at radius 3 is 2.29 bits per heavy atom. The number of hydrogen-bond donors (Lipinski definition) is 1. The van der Waals surface area contributed by atoms with Gasteiger partial charge in [0.2, 0.25) is 0 Å². The maximum Gasteiger partial charge on any atom is 0.308 e. The third kappa shape index (κ3) is 8.36. The molecular formula is C29H39ClN2O3. The van der Waals surface area contributed by atoms with Crippen molar-refractivity contribution >= 4 is 23.5 Å². The predicted molar refractivity (Wildman–Crippen MR) is 142 cm³/mol. The Labute approximate surface area is 215 Å². The van der Waals surface area contributed by atoms with Gasteiger partial charge in [0.1, 0.15) is 0 Å². The van der Waals surface area contributed by atoms with Crippen LogP contribution in [0.4, 0.5) is 0 Å². The number of unbranched alkanes of at least 4 members (excludes halogenated alkanes) is 1. The molecule has 35 heavy (non-hydrogen) atoms. The fourth-order valence-electron chi connectivity index (χ4n) is 4.59. The van der Waals surface area contributed by atoms with Crippen molar-refractivity contribution in [2.45, 2.75) is 70.9 Å². The normalized spacial score (nSPS) is 17.9. The predicted octanol–water partition coefficient (Wildman–Crippen LogP) is 6.21. The maximum atomic E-state index is 12.8. The van der Waals surface area contributed by atoms with E-state index in [1.165, 1.54) is 11.1 Å². The molecule has 0 radical (unpaired) electrons. The summed E-state index contributed by atoms with van der Waals surface area (Å²) in [5, 5.41) is 4.12. The van der Waals surface area contributed by atoms with E-state index in [-0.39, 0.29) is 23.8 Å². The number of amides is 1. The van der Waals surface area contributed by atoms with Gasteiger partial charge in [-0.3, -0.25) is 9.59 Å². The van der Waals surface area contributed by atoms with E-state index in [0.717, 1.165) is 51.6 Å². The average molecular weight is 499 g/mol. The highest BCUT2D eigenvalue weighted by Gasteiger charge is 2.27. The van der Waals surface area contributed by atoms with E-state index in [1.54, 1.807) is 24.3 Å². The third-order valence-electron chi connectivity index (χ3n) is 6.90. The fourth-order valence-corrected chi connectivity index (χ4v) is 4.72. The molecule has 2 aromatic carbocycles. The zero-order valence-corrected chi connectivity index (χ0v) is 22.0. The Kier molecular flexibility index (Phi) is 10.6. The van der Waals surface area contributed by atoms with E-state index in [0.29, 0.717) is 23.1 Å². The molecule has 1 aliphatic carbocycles. The summed E-state index contributed by atoms with van der Waals surface area (Å²) in [6.07, 6.45) is 6.12. The second-order valence-corrected chi connectivity index (χ2v) is 10.3. The van der Waals surface area contributed by atoms with Gasteiger partial charge in [-0.15, -0.1) is 0 Å². The van der Waals surface area contributed by atoms with Crippen molar-refractivity contribution in [2.24, 2.45) is 5.92 Å². The molecule has 1 fully saturated rings. The summed E-state index contributed by atoms with van der Waals surface area (Å²) in [6, 6.07) is 16.4. The van der Waals surface area contributed by atoms with Crippen molar-refractivity contribution in [3.63, 3.8) is 0 Å². The van der Waals surface area contributed by atoms with E-state index in [9.17, 15) is 9.59 Å². The summed E-state index contributed by atoms with van der Waals surface area (Å²) in [5.74, 6) is 0.446. The van der Waals surface area contributed by atoms with Gasteiger partial charge in [0.15, 0.2) is 0 Å². The van der Waals surface area contributed by atoms with Crippen LogP contribution in [0.5, 0.6) is 0 Å². The molecular weight excluding hydrogens is 460 g/mol. The number of carbonyl (C=O) groups excluding carboxylic acids is 2. The van der Waals surface area contributed by atoms with Crippen LogP contribution in [0.3, 0.4) is 0 Å². The van der Waals surface area contributed by atoms with Crippen molar-refractivity contribution in [1.82, 2.24) is 10.2 Å². The number of ether oxygens (including phenoxy) is 1. The Balaban J connectivity index is 1.35. The van der Waals surface area contributed by atoms with Gasteiger partial charge in [0, 0.05) is 30.2 Å². The standard InChI is InChI=1S/C29H39ClN2O3/c1-21(2)29(34)35-19-5-4-18-31-20-22-6-8-23(9-7-22)24-12-16-27(17-13-24)32(3)28(33)25-10-14-26(30)15-11-25/h6-11,14-15,21,24,27,31H,4-5,12-13,16-20H2,1-3H3. The van der Waals surface area contributed by atoms with Gasteiger partial charge in [0.05, 0.1) is 12.5 Å². The summed E-state index contributed by atoms with van der Waals surface area (Å²) in [5.41, 5.74) is 3.37. The number of nitrogens with one attached hydrogen (secondary N) is 1. The van der Waals surface area contributed by atoms with Crippen LogP contribution in [0.2, 0.25) is 5.02 Å². The first-order valence-electron chi connectivity index (χ1n) is 12.8. The molecule has 5 nitrogen and oxygen atoms in total. The van der Waals surface area contributed by atoms with Gasteiger partial charge in [-0.05, 0) is 86.4 Å². The Morgan fingerprint density at radius 1 is 1.00 bits per heavy atom. The zero-order valence-electron chi connectivity index (χ0n) is 21.3. The van der Waals surface area contributed by atoms with E-state index >= 15 is 0 Å². The molecule has 1 amide bonds. The number of hydrogen-bond acceptors (Lipinski definition) is 4. The molecule has 0 atom stereocenters. The lowest BCUT2D eigenvalue weighted by molar-refractivity contribution is -0.147. The van der Waals surface area contributed by atoms with Gasteiger partial charge in [-0.1, -0.05) is 49.7 Å². The smallest absolute Gasteiger partial charge is 0.308 e. The van der Waals surface area contributed by atoms with Crippen LogP contribution in [0.25, 0.3) is 0 Å². The molecule has 0 bridgehead atoms. The summed E-state index contributed by atoms with van der Waals surface area (Å²) in [7, 11) is 1.92.